The van der Waals surface area contributed by atoms with Crippen LogP contribution in [0.25, 0.3) is 0 Å². The van der Waals surface area contributed by atoms with Crippen LogP contribution in [-0.2, 0) is 6.54 Å². The standard InChI is InChI=1S/C9H7Br2N5OS/c10-5-2-13-8(7(11)15-5)16-9(17)4-3-18-6(1-12)14-4/h2-3H,1,12H2,(H,13,16,17). The molecule has 0 aliphatic carbocycles. The van der Waals surface area contributed by atoms with Gasteiger partial charge in [-0.05, 0) is 31.9 Å². The number of carbonyl (C=O) groups excluding carboxylic acids is 1. The number of anilines is 1. The van der Waals surface area contributed by atoms with Crippen LogP contribution in [0.15, 0.2) is 20.8 Å². The van der Waals surface area contributed by atoms with Gasteiger partial charge in [-0.15, -0.1) is 11.3 Å². The van der Waals surface area contributed by atoms with Gasteiger partial charge in [0.2, 0.25) is 0 Å². The van der Waals surface area contributed by atoms with Gasteiger partial charge in [0.25, 0.3) is 5.91 Å². The number of hydrogen-bond acceptors (Lipinski definition) is 6. The third-order valence-corrected chi connectivity index (χ3v) is 3.70. The Kier molecular flexibility index (Phi) is 4.38. The first-order valence-electron chi connectivity index (χ1n) is 4.74. The number of halogens is 2. The summed E-state index contributed by atoms with van der Waals surface area (Å²) in [6.45, 7) is 0.319. The van der Waals surface area contributed by atoms with Gasteiger partial charge in [0.1, 0.15) is 19.9 Å². The van der Waals surface area contributed by atoms with Crippen LogP contribution >= 0.6 is 43.2 Å². The van der Waals surface area contributed by atoms with Gasteiger partial charge in [-0.2, -0.15) is 0 Å². The molecule has 0 bridgehead atoms. The summed E-state index contributed by atoms with van der Waals surface area (Å²) >= 11 is 7.73. The van der Waals surface area contributed by atoms with Crippen molar-refractivity contribution in [2.24, 2.45) is 5.73 Å². The van der Waals surface area contributed by atoms with E-state index in [4.69, 9.17) is 5.73 Å². The highest BCUT2D eigenvalue weighted by Gasteiger charge is 2.13. The van der Waals surface area contributed by atoms with Crippen molar-refractivity contribution in [3.05, 3.63) is 31.5 Å². The summed E-state index contributed by atoms with van der Waals surface area (Å²) < 4.78 is 1.02. The van der Waals surface area contributed by atoms with Gasteiger partial charge < -0.3 is 11.1 Å². The maximum atomic E-state index is 11.9. The first kappa shape index (κ1) is 13.5. The predicted octanol–water partition coefficient (Wildman–Crippen LogP) is 2.17. The van der Waals surface area contributed by atoms with Gasteiger partial charge >= 0.3 is 0 Å². The summed E-state index contributed by atoms with van der Waals surface area (Å²) in [6, 6.07) is 0. The molecule has 94 valence electrons. The summed E-state index contributed by atoms with van der Waals surface area (Å²) in [5, 5.41) is 4.97. The normalized spacial score (nSPS) is 10.4. The number of nitrogens with one attached hydrogen (secondary N) is 1. The van der Waals surface area contributed by atoms with Gasteiger partial charge in [0.05, 0.1) is 6.20 Å². The van der Waals surface area contributed by atoms with Crippen molar-refractivity contribution in [3.63, 3.8) is 0 Å². The van der Waals surface area contributed by atoms with Crippen molar-refractivity contribution in [2.75, 3.05) is 5.32 Å². The van der Waals surface area contributed by atoms with Crippen LogP contribution in [-0.4, -0.2) is 20.9 Å². The zero-order valence-electron chi connectivity index (χ0n) is 8.85. The average molecular weight is 393 g/mol. The molecule has 1 amide bonds. The maximum absolute atomic E-state index is 11.9. The van der Waals surface area contributed by atoms with Gasteiger partial charge in [0, 0.05) is 11.9 Å². The van der Waals surface area contributed by atoms with Gasteiger partial charge in [0.15, 0.2) is 5.82 Å². The van der Waals surface area contributed by atoms with Crippen molar-refractivity contribution in [1.82, 2.24) is 15.0 Å². The Balaban J connectivity index is 2.16. The molecule has 0 fully saturated rings. The minimum absolute atomic E-state index is 0.317. The first-order chi connectivity index (χ1) is 8.60. The van der Waals surface area contributed by atoms with Crippen molar-refractivity contribution < 1.29 is 4.79 Å². The fourth-order valence-corrected chi connectivity index (χ4v) is 2.68. The van der Waals surface area contributed by atoms with Crippen LogP contribution in [0.2, 0.25) is 0 Å². The van der Waals surface area contributed by atoms with Crippen LogP contribution in [0.1, 0.15) is 15.5 Å². The number of nitrogens with zero attached hydrogens (tertiary/aromatic N) is 3. The molecule has 2 aromatic heterocycles. The van der Waals surface area contributed by atoms with E-state index in [9.17, 15) is 4.79 Å². The Labute approximate surface area is 123 Å². The molecule has 0 radical (unpaired) electrons. The van der Waals surface area contributed by atoms with Crippen molar-refractivity contribution in [1.29, 1.82) is 0 Å². The third kappa shape index (κ3) is 3.10. The summed E-state index contributed by atoms with van der Waals surface area (Å²) in [7, 11) is 0. The largest absolute Gasteiger partial charge is 0.325 e. The van der Waals surface area contributed by atoms with E-state index in [-0.39, 0.29) is 5.91 Å². The molecule has 0 spiro atoms. The zero-order valence-corrected chi connectivity index (χ0v) is 12.8. The number of hydrogen-bond donors (Lipinski definition) is 2. The third-order valence-electron chi connectivity index (χ3n) is 1.89. The van der Waals surface area contributed by atoms with Crippen molar-refractivity contribution in [2.45, 2.75) is 6.54 Å². The Bertz CT molecular complexity index is 588. The first-order valence-corrected chi connectivity index (χ1v) is 7.20. The molecule has 6 nitrogen and oxygen atoms in total. The van der Waals surface area contributed by atoms with E-state index in [0.29, 0.717) is 32.3 Å². The molecule has 2 rings (SSSR count). The van der Waals surface area contributed by atoms with Crippen LogP contribution in [0.4, 0.5) is 5.82 Å². The lowest BCUT2D eigenvalue weighted by Crippen LogP contribution is -2.14. The minimum atomic E-state index is -0.344. The fraction of sp³-hybridized carbons (Fsp3) is 0.111. The van der Waals surface area contributed by atoms with Crippen LogP contribution in [0.5, 0.6) is 0 Å². The molecule has 2 aromatic rings. The van der Waals surface area contributed by atoms with Gasteiger partial charge in [-0.25, -0.2) is 15.0 Å². The zero-order chi connectivity index (χ0) is 13.1. The Morgan fingerprint density at radius 1 is 1.44 bits per heavy atom. The lowest BCUT2D eigenvalue weighted by molar-refractivity contribution is 0.102. The van der Waals surface area contributed by atoms with Crippen molar-refractivity contribution >= 4 is 54.9 Å². The number of carbonyl (C=O) groups is 1. The molecule has 2 heterocycles. The average Bonchev–Trinajstić information content (AvgIpc) is 2.81. The van der Waals surface area contributed by atoms with Crippen molar-refractivity contribution in [3.8, 4) is 0 Å². The van der Waals surface area contributed by atoms with E-state index in [1.165, 1.54) is 17.5 Å². The molecule has 18 heavy (non-hydrogen) atoms. The van der Waals surface area contributed by atoms with Crippen LogP contribution < -0.4 is 11.1 Å². The smallest absolute Gasteiger partial charge is 0.276 e. The van der Waals surface area contributed by atoms with Gasteiger partial charge in [-0.3, -0.25) is 4.79 Å². The molecule has 0 saturated heterocycles. The number of nitrogens with two attached hydrogens (primary N) is 1. The monoisotopic (exact) mass is 391 g/mol. The lowest BCUT2D eigenvalue weighted by Gasteiger charge is -2.03. The molecule has 3 N–H and O–H groups in total. The van der Waals surface area contributed by atoms with Crippen LogP contribution in [0.3, 0.4) is 0 Å². The highest BCUT2D eigenvalue weighted by Crippen LogP contribution is 2.20. The van der Waals surface area contributed by atoms with Crippen LogP contribution in [0, 0.1) is 0 Å². The number of amides is 1. The quantitative estimate of drug-likeness (QED) is 0.834. The number of thiazole rings is 1. The Morgan fingerprint density at radius 3 is 2.83 bits per heavy atom. The van der Waals surface area contributed by atoms with E-state index in [2.05, 4.69) is 52.1 Å². The molecule has 0 aromatic carbocycles. The summed E-state index contributed by atoms with van der Waals surface area (Å²) in [5.41, 5.74) is 5.75. The highest BCUT2D eigenvalue weighted by molar-refractivity contribution is 9.11. The molecule has 0 saturated carbocycles. The molecule has 0 aliphatic rings. The Hall–Kier alpha value is -0.900. The topological polar surface area (TPSA) is 93.8 Å². The van der Waals surface area contributed by atoms with E-state index in [0.717, 1.165) is 0 Å². The van der Waals surface area contributed by atoms with E-state index in [1.54, 1.807) is 5.38 Å². The maximum Gasteiger partial charge on any atom is 0.276 e. The predicted molar refractivity (Wildman–Crippen MR) is 75.4 cm³/mol. The molecule has 0 unspecified atom stereocenters. The Morgan fingerprint density at radius 2 is 2.22 bits per heavy atom. The second-order valence-corrected chi connectivity index (χ2v) is 5.62. The highest BCUT2D eigenvalue weighted by atomic mass is 79.9. The second kappa shape index (κ2) is 5.83. The molecule has 0 aliphatic heterocycles. The summed E-state index contributed by atoms with van der Waals surface area (Å²) in [6.07, 6.45) is 1.49. The van der Waals surface area contributed by atoms with Gasteiger partial charge in [-0.1, -0.05) is 0 Å². The molecular formula is C9H7Br2N5OS. The number of rotatable bonds is 3. The lowest BCUT2D eigenvalue weighted by atomic mass is 10.4. The summed E-state index contributed by atoms with van der Waals surface area (Å²) in [5.74, 6) is -0.00577. The summed E-state index contributed by atoms with van der Waals surface area (Å²) in [4.78, 5) is 24.0. The molecule has 9 heteroatoms. The SMILES string of the molecule is NCc1nc(C(=O)Nc2ncc(Br)nc2Br)cs1. The minimum Gasteiger partial charge on any atom is -0.325 e. The molecular weight excluding hydrogens is 386 g/mol. The fourth-order valence-electron chi connectivity index (χ4n) is 1.11. The van der Waals surface area contributed by atoms with E-state index >= 15 is 0 Å². The second-order valence-electron chi connectivity index (χ2n) is 3.12. The number of aromatic nitrogens is 3. The molecule has 0 atom stereocenters. The van der Waals surface area contributed by atoms with E-state index < -0.39 is 0 Å². The van der Waals surface area contributed by atoms with E-state index in [1.807, 2.05) is 0 Å².